The van der Waals surface area contributed by atoms with E-state index in [0.29, 0.717) is 11.3 Å². The van der Waals surface area contributed by atoms with Crippen molar-refractivity contribution in [2.24, 2.45) is 0 Å². The third-order valence-corrected chi connectivity index (χ3v) is 4.71. The van der Waals surface area contributed by atoms with Crippen LogP contribution < -0.4 is 14.8 Å². The Bertz CT molecular complexity index is 990. The quantitative estimate of drug-likeness (QED) is 0.501. The van der Waals surface area contributed by atoms with Gasteiger partial charge in [0.2, 0.25) is 6.79 Å². The van der Waals surface area contributed by atoms with Crippen molar-refractivity contribution in [3.8, 4) is 22.6 Å². The number of nitrogens with one attached hydrogen (secondary N) is 1. The zero-order chi connectivity index (χ0) is 20.1. The van der Waals surface area contributed by atoms with Crippen LogP contribution in [0.15, 0.2) is 65.9 Å². The Kier molecular flexibility index (Phi) is 6.31. The molecule has 0 atom stereocenters. The molecule has 1 aromatic heterocycles. The molecule has 2 aromatic carbocycles. The van der Waals surface area contributed by atoms with E-state index in [4.69, 9.17) is 9.47 Å². The monoisotopic (exact) mass is 442 g/mol. The number of pyridine rings is 1. The molecule has 144 valence electrons. The van der Waals surface area contributed by atoms with Crippen LogP contribution in [0.25, 0.3) is 16.8 Å². The predicted octanol–water partition coefficient (Wildman–Crippen LogP) is 6.49. The molecule has 0 spiro atoms. The fourth-order valence-corrected chi connectivity index (χ4v) is 3.28. The van der Waals surface area contributed by atoms with E-state index in [9.17, 15) is 4.39 Å². The SMILES string of the molecule is C=C(Nc1ccc(-c2cc3c(cc2Br)OCO3)cc1)c1ccncc1F.CC. The second-order valence-corrected chi connectivity index (χ2v) is 6.58. The minimum Gasteiger partial charge on any atom is -0.454 e. The largest absolute Gasteiger partial charge is 0.454 e. The molecule has 0 saturated carbocycles. The van der Waals surface area contributed by atoms with Gasteiger partial charge in [-0.25, -0.2) is 4.39 Å². The highest BCUT2D eigenvalue weighted by atomic mass is 79.9. The van der Waals surface area contributed by atoms with E-state index < -0.39 is 5.82 Å². The Labute approximate surface area is 172 Å². The van der Waals surface area contributed by atoms with Gasteiger partial charge in [-0.2, -0.15) is 0 Å². The Morgan fingerprint density at radius 2 is 1.79 bits per heavy atom. The van der Waals surface area contributed by atoms with Crippen LogP contribution in [-0.2, 0) is 0 Å². The van der Waals surface area contributed by atoms with Gasteiger partial charge in [0.15, 0.2) is 17.3 Å². The lowest BCUT2D eigenvalue weighted by Crippen LogP contribution is -2.00. The van der Waals surface area contributed by atoms with E-state index in [1.54, 1.807) is 6.07 Å². The number of hydrogen-bond acceptors (Lipinski definition) is 4. The summed E-state index contributed by atoms with van der Waals surface area (Å²) in [5.74, 6) is 1.05. The summed E-state index contributed by atoms with van der Waals surface area (Å²) in [6, 6.07) is 13.2. The molecule has 1 aliphatic heterocycles. The average Bonchev–Trinajstić information content (AvgIpc) is 3.17. The third kappa shape index (κ3) is 4.17. The van der Waals surface area contributed by atoms with Crippen LogP contribution in [0, 0.1) is 5.82 Å². The van der Waals surface area contributed by atoms with Crippen molar-refractivity contribution in [1.29, 1.82) is 0 Å². The Hall–Kier alpha value is -2.86. The molecule has 6 heteroatoms. The molecule has 0 bridgehead atoms. The van der Waals surface area contributed by atoms with Crippen LogP contribution in [0.3, 0.4) is 0 Å². The Morgan fingerprint density at radius 1 is 1.11 bits per heavy atom. The molecule has 28 heavy (non-hydrogen) atoms. The van der Waals surface area contributed by atoms with Crippen molar-refractivity contribution < 1.29 is 13.9 Å². The molecule has 3 aromatic rings. The number of anilines is 1. The van der Waals surface area contributed by atoms with Gasteiger partial charge in [-0.1, -0.05) is 48.5 Å². The van der Waals surface area contributed by atoms with Gasteiger partial charge in [0.25, 0.3) is 0 Å². The van der Waals surface area contributed by atoms with Gasteiger partial charge in [0.05, 0.1) is 6.20 Å². The lowest BCUT2D eigenvalue weighted by atomic mass is 10.0. The number of ether oxygens (including phenoxy) is 2. The van der Waals surface area contributed by atoms with Crippen molar-refractivity contribution in [3.05, 3.63) is 77.3 Å². The van der Waals surface area contributed by atoms with Crippen molar-refractivity contribution in [2.45, 2.75) is 13.8 Å². The Morgan fingerprint density at radius 3 is 2.46 bits per heavy atom. The molecule has 0 amide bonds. The molecule has 0 aliphatic carbocycles. The van der Waals surface area contributed by atoms with E-state index in [-0.39, 0.29) is 6.79 Å². The maximum absolute atomic E-state index is 13.8. The summed E-state index contributed by atoms with van der Waals surface area (Å²) in [6.07, 6.45) is 2.70. The summed E-state index contributed by atoms with van der Waals surface area (Å²) in [5.41, 5.74) is 3.69. The van der Waals surface area contributed by atoms with Crippen molar-refractivity contribution in [1.82, 2.24) is 4.98 Å². The van der Waals surface area contributed by atoms with E-state index in [2.05, 4.69) is 32.8 Å². The second kappa shape index (κ2) is 8.89. The van der Waals surface area contributed by atoms with Crippen LogP contribution in [0.1, 0.15) is 19.4 Å². The number of rotatable bonds is 4. The van der Waals surface area contributed by atoms with Gasteiger partial charge in [-0.05, 0) is 41.5 Å². The fraction of sp³-hybridized carbons (Fsp3) is 0.136. The molecule has 0 radical (unpaired) electrons. The van der Waals surface area contributed by atoms with Gasteiger partial charge in [-0.3, -0.25) is 4.98 Å². The van der Waals surface area contributed by atoms with Crippen LogP contribution in [0.4, 0.5) is 10.1 Å². The lowest BCUT2D eigenvalue weighted by Gasteiger charge is -2.12. The molecule has 0 fully saturated rings. The predicted molar refractivity (Wildman–Crippen MR) is 114 cm³/mol. The summed E-state index contributed by atoms with van der Waals surface area (Å²) in [5, 5.41) is 3.12. The van der Waals surface area contributed by atoms with Gasteiger partial charge in [0.1, 0.15) is 0 Å². The molecule has 1 aliphatic rings. The molecule has 4 nitrogen and oxygen atoms in total. The number of nitrogens with zero attached hydrogens (tertiary/aromatic N) is 1. The molecule has 4 rings (SSSR count). The number of fused-ring (bicyclic) bond motifs is 1. The maximum atomic E-state index is 13.8. The van der Waals surface area contributed by atoms with Crippen LogP contribution in [0.5, 0.6) is 11.5 Å². The molecular formula is C22H20BrFN2O2. The zero-order valence-electron chi connectivity index (χ0n) is 15.6. The van der Waals surface area contributed by atoms with Crippen molar-refractivity contribution in [3.63, 3.8) is 0 Å². The summed E-state index contributed by atoms with van der Waals surface area (Å²) in [4.78, 5) is 3.75. The zero-order valence-corrected chi connectivity index (χ0v) is 17.2. The molecule has 0 unspecified atom stereocenters. The first kappa shape index (κ1) is 19.9. The number of aromatic nitrogens is 1. The minimum absolute atomic E-state index is 0.238. The number of hydrogen-bond donors (Lipinski definition) is 1. The first-order valence-electron chi connectivity index (χ1n) is 8.87. The standard InChI is InChI=1S/C20H14BrFN2O2.C2H6/c1-12(15-6-7-23-10-18(15)22)24-14-4-2-13(3-5-14)16-8-19-20(9-17(16)21)26-11-25-19;1-2/h2-10,24H,1,11H2;1-2H3. The van der Waals surface area contributed by atoms with Crippen molar-refractivity contribution >= 4 is 27.3 Å². The summed E-state index contributed by atoms with van der Waals surface area (Å²) in [7, 11) is 0. The van der Waals surface area contributed by atoms with Gasteiger partial charge >= 0.3 is 0 Å². The van der Waals surface area contributed by atoms with Crippen LogP contribution in [-0.4, -0.2) is 11.8 Å². The highest BCUT2D eigenvalue weighted by Crippen LogP contribution is 2.41. The maximum Gasteiger partial charge on any atom is 0.231 e. The summed E-state index contributed by atoms with van der Waals surface area (Å²) in [6.45, 7) is 8.14. The minimum atomic E-state index is -0.411. The normalized spacial score (nSPS) is 11.4. The molecule has 1 N–H and O–H groups in total. The molecule has 0 saturated heterocycles. The Balaban J connectivity index is 0.00000109. The summed E-state index contributed by atoms with van der Waals surface area (Å²) >= 11 is 3.57. The van der Waals surface area contributed by atoms with Crippen LogP contribution >= 0.6 is 15.9 Å². The van der Waals surface area contributed by atoms with Crippen molar-refractivity contribution in [2.75, 3.05) is 12.1 Å². The molecule has 2 heterocycles. The molecular weight excluding hydrogens is 423 g/mol. The van der Waals surface area contributed by atoms with E-state index in [1.165, 1.54) is 12.4 Å². The lowest BCUT2D eigenvalue weighted by molar-refractivity contribution is 0.174. The first-order chi connectivity index (χ1) is 13.6. The van der Waals surface area contributed by atoms with E-state index >= 15 is 0 Å². The highest BCUT2D eigenvalue weighted by molar-refractivity contribution is 9.10. The fourth-order valence-electron chi connectivity index (χ4n) is 2.73. The second-order valence-electron chi connectivity index (χ2n) is 5.72. The highest BCUT2D eigenvalue weighted by Gasteiger charge is 2.17. The topological polar surface area (TPSA) is 43.4 Å². The van der Waals surface area contributed by atoms with E-state index in [1.807, 2.05) is 50.2 Å². The van der Waals surface area contributed by atoms with Gasteiger partial charge in [0, 0.05) is 27.6 Å². The van der Waals surface area contributed by atoms with E-state index in [0.717, 1.165) is 32.8 Å². The van der Waals surface area contributed by atoms with Gasteiger partial charge in [-0.15, -0.1) is 0 Å². The number of halogens is 2. The number of benzene rings is 2. The smallest absolute Gasteiger partial charge is 0.231 e. The average molecular weight is 443 g/mol. The first-order valence-corrected chi connectivity index (χ1v) is 9.66. The van der Waals surface area contributed by atoms with Crippen LogP contribution in [0.2, 0.25) is 0 Å². The van der Waals surface area contributed by atoms with Gasteiger partial charge < -0.3 is 14.8 Å². The summed E-state index contributed by atoms with van der Waals surface area (Å²) < 4.78 is 25.5. The third-order valence-electron chi connectivity index (χ3n) is 4.05.